The van der Waals surface area contributed by atoms with Gasteiger partial charge in [-0.05, 0) is 170 Å². The van der Waals surface area contributed by atoms with E-state index < -0.39 is 6.10 Å². The second kappa shape index (κ2) is 20.1. The van der Waals surface area contributed by atoms with Crippen LogP contribution in [0.5, 0.6) is 0 Å². The molecule has 332 valence electrons. The number of rotatable bonds is 7. The van der Waals surface area contributed by atoms with Gasteiger partial charge in [-0.3, -0.25) is 0 Å². The maximum Gasteiger partial charge on any atom is 0.123 e. The molecule has 11 rings (SSSR count). The van der Waals surface area contributed by atoms with Crippen LogP contribution in [0.15, 0.2) is 133 Å². The highest BCUT2D eigenvalue weighted by Gasteiger charge is 2.47. The normalized spacial score (nSPS) is 22.7. The number of hydrogen-bond donors (Lipinski definition) is 2. The fraction of sp³-hybridized carbons (Fsp3) is 0.333. The van der Waals surface area contributed by atoms with Crippen molar-refractivity contribution in [2.24, 2.45) is 0 Å². The molecular weight excluding hydrogens is 817 g/mol. The minimum atomic E-state index is -0.721. The molecule has 0 amide bonds. The first-order chi connectivity index (χ1) is 31.3. The number of epoxide rings is 1. The number of fused-ring (bicyclic) bond motifs is 5. The highest BCUT2D eigenvalue weighted by Crippen LogP contribution is 2.42. The fourth-order valence-corrected chi connectivity index (χ4v) is 9.65. The zero-order valence-corrected chi connectivity index (χ0v) is 35.8. The number of aliphatic hydroxyl groups excluding tert-OH is 1. The Hall–Kier alpha value is -5.52. The van der Waals surface area contributed by atoms with Crippen LogP contribution in [0.1, 0.15) is 71.9 Å². The van der Waals surface area contributed by atoms with Gasteiger partial charge in [0, 0.05) is 22.7 Å². The first-order valence-electron chi connectivity index (χ1n) is 22.6. The van der Waals surface area contributed by atoms with Crippen LogP contribution >= 0.6 is 0 Å². The van der Waals surface area contributed by atoms with Crippen molar-refractivity contribution in [3.8, 4) is 0 Å². The third-order valence-corrected chi connectivity index (χ3v) is 13.0. The lowest BCUT2D eigenvalue weighted by Gasteiger charge is -2.43. The van der Waals surface area contributed by atoms with Crippen molar-refractivity contribution in [2.75, 3.05) is 10.2 Å². The van der Waals surface area contributed by atoms with Crippen LogP contribution in [0.25, 0.3) is 0 Å². The highest BCUT2D eigenvalue weighted by molar-refractivity contribution is 5.72. The van der Waals surface area contributed by atoms with Crippen LogP contribution in [0.4, 0.5) is 40.3 Å². The largest absolute Gasteiger partial charge is 0.388 e. The molecule has 3 aliphatic heterocycles. The number of aliphatic hydroxyl groups is 1. The van der Waals surface area contributed by atoms with Crippen LogP contribution in [-0.2, 0) is 53.1 Å². The molecule has 6 aromatic rings. The van der Waals surface area contributed by atoms with E-state index in [1.807, 2.05) is 36.4 Å². The summed E-state index contributed by atoms with van der Waals surface area (Å²) in [7, 11) is 0. The molecule has 0 unspecified atom stereocenters. The quantitative estimate of drug-likeness (QED) is 0.123. The van der Waals surface area contributed by atoms with Gasteiger partial charge in [0.2, 0.25) is 0 Å². The van der Waals surface area contributed by atoms with Gasteiger partial charge < -0.3 is 29.5 Å². The summed E-state index contributed by atoms with van der Waals surface area (Å²) >= 11 is 0. The first-order valence-corrected chi connectivity index (χ1v) is 22.6. The zero-order chi connectivity index (χ0) is 44.0. The van der Waals surface area contributed by atoms with E-state index in [0.29, 0.717) is 37.8 Å². The number of ether oxygens (including phenoxy) is 3. The Morgan fingerprint density at radius 2 is 0.984 bits per heavy atom. The van der Waals surface area contributed by atoms with E-state index in [9.17, 15) is 22.7 Å². The topological polar surface area (TPSA) is 66.5 Å². The third kappa shape index (κ3) is 10.5. The standard InChI is InChI=1S/C27H27F2NO2.C14H11F2N.C13H16O2/c28-21-11-13-23-19(15-21)9-10-20-16-22(29)12-14-24(20)30(23)25-7-4-8-26(27(25)31)32-17-18-5-2-1-3-6-18;15-11-3-5-13-9(7-11)1-2-10-8-12(16)4-6-14(10)17-13;1-2-5-10(6-3-1)9-14-11-7-4-8-12-13(11)15-12/h1-3,5-6,11-16,25-27,31H,4,7-10,17H2;3-8,17H,1-2H2;1-3,5-6,11-13H,4,7-9H2/t25-,26-,27+;;11-,12+,13-/m1.1/s1. The van der Waals surface area contributed by atoms with Crippen molar-refractivity contribution in [1.82, 2.24) is 0 Å². The molecule has 3 fully saturated rings. The van der Waals surface area contributed by atoms with Gasteiger partial charge in [0.1, 0.15) is 35.5 Å². The average molecular weight is 871 g/mol. The molecule has 64 heavy (non-hydrogen) atoms. The molecule has 6 nitrogen and oxygen atoms in total. The first kappa shape index (κ1) is 43.7. The fourth-order valence-electron chi connectivity index (χ4n) is 9.65. The third-order valence-electron chi connectivity index (χ3n) is 13.0. The number of aryl methyl sites for hydroxylation is 4. The molecule has 0 aromatic heterocycles. The molecule has 2 N–H and O–H groups in total. The van der Waals surface area contributed by atoms with E-state index in [2.05, 4.69) is 34.5 Å². The van der Waals surface area contributed by atoms with Gasteiger partial charge >= 0.3 is 0 Å². The molecule has 0 radical (unpaired) electrons. The van der Waals surface area contributed by atoms with Crippen LogP contribution in [0.2, 0.25) is 0 Å². The number of hydrogen-bond acceptors (Lipinski definition) is 6. The van der Waals surface area contributed by atoms with E-state index in [1.54, 1.807) is 36.4 Å². The molecule has 3 heterocycles. The Morgan fingerprint density at radius 3 is 1.53 bits per heavy atom. The molecule has 2 saturated carbocycles. The summed E-state index contributed by atoms with van der Waals surface area (Å²) in [6.45, 7) is 1.16. The number of anilines is 4. The van der Waals surface area contributed by atoms with Crippen LogP contribution in [0, 0.1) is 23.3 Å². The van der Waals surface area contributed by atoms with Gasteiger partial charge in [-0.15, -0.1) is 0 Å². The van der Waals surface area contributed by atoms with Crippen molar-refractivity contribution in [1.29, 1.82) is 0 Å². The SMILES string of the molecule is Fc1ccc2c(c1)CCc1cc(F)ccc1N2.O[C@H]1[C@H](N2c3ccc(F)cc3CCc3cc(F)ccc32)CCC[C@H]1OCc1ccccc1.c1ccc(CO[C@@H]2CCC[C@@H]3O[C@@H]32)cc1. The molecule has 0 bridgehead atoms. The monoisotopic (exact) mass is 870 g/mol. The van der Waals surface area contributed by atoms with E-state index in [4.69, 9.17) is 14.2 Å². The summed E-state index contributed by atoms with van der Waals surface area (Å²) in [5, 5.41) is 14.6. The maximum atomic E-state index is 14.0. The van der Waals surface area contributed by atoms with Crippen molar-refractivity contribution >= 4 is 22.7 Å². The van der Waals surface area contributed by atoms with Crippen molar-refractivity contribution in [2.45, 2.75) is 114 Å². The Labute approximate surface area is 372 Å². The molecule has 6 aromatic carbocycles. The molecular formula is C54H54F4N2O4. The van der Waals surface area contributed by atoms with Crippen LogP contribution in [-0.4, -0.2) is 41.7 Å². The minimum absolute atomic E-state index is 0.234. The molecule has 6 atom stereocenters. The number of benzene rings is 6. The zero-order valence-electron chi connectivity index (χ0n) is 35.8. The highest BCUT2D eigenvalue weighted by atomic mass is 19.1. The summed E-state index contributed by atoms with van der Waals surface area (Å²) < 4.78 is 72.0. The maximum absolute atomic E-state index is 14.0. The van der Waals surface area contributed by atoms with Gasteiger partial charge in [-0.25, -0.2) is 17.6 Å². The lowest BCUT2D eigenvalue weighted by Crippen LogP contribution is -2.50. The van der Waals surface area contributed by atoms with Crippen molar-refractivity contribution < 1.29 is 36.9 Å². The lowest BCUT2D eigenvalue weighted by atomic mass is 9.87. The van der Waals surface area contributed by atoms with E-state index >= 15 is 0 Å². The van der Waals surface area contributed by atoms with E-state index in [1.165, 1.54) is 54.8 Å². The van der Waals surface area contributed by atoms with Gasteiger partial charge in [0.15, 0.2) is 0 Å². The van der Waals surface area contributed by atoms with Gasteiger partial charge in [-0.1, -0.05) is 60.7 Å². The smallest absolute Gasteiger partial charge is 0.123 e. The van der Waals surface area contributed by atoms with Crippen LogP contribution in [0.3, 0.4) is 0 Å². The summed E-state index contributed by atoms with van der Waals surface area (Å²) in [6.07, 6.45) is 9.03. The summed E-state index contributed by atoms with van der Waals surface area (Å²) in [4.78, 5) is 2.10. The van der Waals surface area contributed by atoms with Gasteiger partial charge in [0.25, 0.3) is 0 Å². The Balaban J connectivity index is 0.000000135. The summed E-state index contributed by atoms with van der Waals surface area (Å²) in [6, 6.07) is 39.0. The second-order valence-electron chi connectivity index (χ2n) is 17.4. The molecule has 1 saturated heterocycles. The minimum Gasteiger partial charge on any atom is -0.388 e. The Kier molecular flexibility index (Phi) is 13.7. The van der Waals surface area contributed by atoms with Crippen molar-refractivity contribution in [3.05, 3.63) is 190 Å². The van der Waals surface area contributed by atoms with E-state index in [-0.39, 0.29) is 35.4 Å². The number of nitrogens with one attached hydrogen (secondary N) is 1. The van der Waals surface area contributed by atoms with Gasteiger partial charge in [0.05, 0.1) is 37.6 Å². The van der Waals surface area contributed by atoms with Gasteiger partial charge in [-0.2, -0.15) is 0 Å². The van der Waals surface area contributed by atoms with Crippen LogP contribution < -0.4 is 10.2 Å². The number of nitrogens with zero attached hydrogens (tertiary/aromatic N) is 1. The molecule has 5 aliphatic rings. The Morgan fingerprint density at radius 1 is 0.531 bits per heavy atom. The second-order valence-corrected chi connectivity index (χ2v) is 17.4. The Bertz CT molecular complexity index is 2400. The van der Waals surface area contributed by atoms with Crippen molar-refractivity contribution in [3.63, 3.8) is 0 Å². The average Bonchev–Trinajstić information content (AvgIpc) is 4.15. The summed E-state index contributed by atoms with van der Waals surface area (Å²) in [5.41, 5.74) is 9.49. The summed E-state index contributed by atoms with van der Waals surface area (Å²) in [5.74, 6) is -1.03. The van der Waals surface area contributed by atoms with E-state index in [0.717, 1.165) is 95.7 Å². The molecule has 0 spiro atoms. The molecule has 2 aliphatic carbocycles. The predicted octanol–water partition coefficient (Wildman–Crippen LogP) is 12.0. The predicted molar refractivity (Wildman–Crippen MR) is 242 cm³/mol. The molecule has 10 heteroatoms. The lowest BCUT2D eigenvalue weighted by molar-refractivity contribution is -0.0739. The number of halogens is 4.